The lowest BCUT2D eigenvalue weighted by Gasteiger charge is -2.18. The molecule has 0 aliphatic carbocycles. The summed E-state index contributed by atoms with van der Waals surface area (Å²) in [6.07, 6.45) is 0. The van der Waals surface area contributed by atoms with E-state index in [0.29, 0.717) is 10.8 Å². The Hall–Kier alpha value is 0.340. The van der Waals surface area contributed by atoms with E-state index in [1.54, 1.807) is 12.1 Å². The van der Waals surface area contributed by atoms with Crippen LogP contribution in [-0.4, -0.2) is 45.4 Å². The van der Waals surface area contributed by atoms with Crippen molar-refractivity contribution in [2.45, 2.75) is 9.59 Å². The maximum Gasteiger partial charge on any atom is 0.252 e. The van der Waals surface area contributed by atoms with Crippen molar-refractivity contribution in [3.8, 4) is 0 Å². The summed E-state index contributed by atoms with van der Waals surface area (Å²) in [5, 5.41) is -0.358. The van der Waals surface area contributed by atoms with Crippen LogP contribution in [0.5, 0.6) is 0 Å². The van der Waals surface area contributed by atoms with Gasteiger partial charge < -0.3 is 4.74 Å². The Balaban J connectivity index is 2.77. The van der Waals surface area contributed by atoms with E-state index in [0.717, 1.165) is 3.79 Å². The summed E-state index contributed by atoms with van der Waals surface area (Å²) in [7, 11) is -0.414. The molecule has 0 spiro atoms. The number of methoxy groups -OCH3 is 1. The van der Waals surface area contributed by atoms with Gasteiger partial charge in [0, 0.05) is 20.7 Å². The summed E-state index contributed by atoms with van der Waals surface area (Å²) in [6.45, 7) is 0.531. The lowest BCUT2D eigenvalue weighted by atomic mass is 10.4. The maximum atomic E-state index is 12.1. The van der Waals surface area contributed by atoms with Crippen LogP contribution in [0, 0.1) is 0 Å². The molecule has 0 amide bonds. The van der Waals surface area contributed by atoms with Gasteiger partial charge in [0.25, 0.3) is 10.0 Å². The van der Waals surface area contributed by atoms with Gasteiger partial charge in [-0.2, -0.15) is 4.31 Å². The highest BCUT2D eigenvalue weighted by Crippen LogP contribution is 2.28. The number of sulfonamides is 1. The lowest BCUT2D eigenvalue weighted by Crippen LogP contribution is -2.33. The lowest BCUT2D eigenvalue weighted by molar-refractivity contribution is 0.192. The van der Waals surface area contributed by atoms with Gasteiger partial charge in [-0.3, -0.25) is 0 Å². The summed E-state index contributed by atoms with van der Waals surface area (Å²) < 4.78 is 31.4. The second-order valence-electron chi connectivity index (χ2n) is 3.40. The van der Waals surface area contributed by atoms with E-state index in [9.17, 15) is 8.42 Å². The SMILES string of the molecule is COCC(Cl)CN(C)S(=O)(=O)c1ccc(Br)s1. The first kappa shape index (κ1) is 15.4. The van der Waals surface area contributed by atoms with E-state index in [2.05, 4.69) is 15.9 Å². The van der Waals surface area contributed by atoms with Gasteiger partial charge in [0.15, 0.2) is 0 Å². The molecule has 1 atom stereocenters. The zero-order chi connectivity index (χ0) is 13.1. The smallest absolute Gasteiger partial charge is 0.252 e. The van der Waals surface area contributed by atoms with Crippen molar-refractivity contribution >= 4 is 48.9 Å². The number of hydrogen-bond acceptors (Lipinski definition) is 4. The van der Waals surface area contributed by atoms with Crippen molar-refractivity contribution in [1.29, 1.82) is 0 Å². The molecule has 1 aromatic rings. The summed E-state index contributed by atoms with van der Waals surface area (Å²) in [5.74, 6) is 0. The zero-order valence-corrected chi connectivity index (χ0v) is 13.4. The van der Waals surface area contributed by atoms with Gasteiger partial charge >= 0.3 is 0 Å². The third-order valence-electron chi connectivity index (χ3n) is 2.02. The van der Waals surface area contributed by atoms with Gasteiger partial charge in [0.2, 0.25) is 0 Å². The Bertz CT molecular complexity index is 463. The molecule has 17 heavy (non-hydrogen) atoms. The number of alkyl halides is 1. The van der Waals surface area contributed by atoms with Crippen molar-refractivity contribution in [3.05, 3.63) is 15.9 Å². The summed E-state index contributed by atoms with van der Waals surface area (Å²) in [4.78, 5) is 0. The molecule has 0 saturated carbocycles. The molecule has 1 unspecified atom stereocenters. The fraction of sp³-hybridized carbons (Fsp3) is 0.556. The Morgan fingerprint density at radius 2 is 2.24 bits per heavy atom. The Kier molecular flexibility index (Phi) is 5.88. The highest BCUT2D eigenvalue weighted by molar-refractivity contribution is 9.11. The van der Waals surface area contributed by atoms with Crippen LogP contribution in [-0.2, 0) is 14.8 Å². The third-order valence-corrected chi connectivity index (χ3v) is 6.19. The number of thiophene rings is 1. The largest absolute Gasteiger partial charge is 0.383 e. The van der Waals surface area contributed by atoms with Gasteiger partial charge in [0.05, 0.1) is 15.8 Å². The molecular weight excluding hydrogens is 350 g/mol. The third kappa shape index (κ3) is 4.18. The first-order valence-electron chi connectivity index (χ1n) is 4.72. The van der Waals surface area contributed by atoms with E-state index in [1.807, 2.05) is 0 Å². The van der Waals surface area contributed by atoms with E-state index in [1.165, 1.54) is 29.8 Å². The van der Waals surface area contributed by atoms with E-state index < -0.39 is 10.0 Å². The number of rotatable bonds is 6. The number of nitrogens with zero attached hydrogens (tertiary/aromatic N) is 1. The highest BCUT2D eigenvalue weighted by Gasteiger charge is 2.24. The molecule has 0 radical (unpaired) electrons. The van der Waals surface area contributed by atoms with Crippen LogP contribution in [0.3, 0.4) is 0 Å². The van der Waals surface area contributed by atoms with Crippen LogP contribution in [0.15, 0.2) is 20.1 Å². The van der Waals surface area contributed by atoms with Crippen molar-refractivity contribution in [1.82, 2.24) is 4.31 Å². The molecule has 0 N–H and O–H groups in total. The molecule has 0 fully saturated rings. The molecule has 0 saturated heterocycles. The molecule has 8 heteroatoms. The minimum absolute atomic E-state index is 0.216. The Morgan fingerprint density at radius 1 is 1.59 bits per heavy atom. The standard InChI is InChI=1S/C9H13BrClNO3S2/c1-12(5-7(11)6-15-2)17(13,14)9-4-3-8(10)16-9/h3-4,7H,5-6H2,1-2H3. The monoisotopic (exact) mass is 361 g/mol. The highest BCUT2D eigenvalue weighted by atomic mass is 79.9. The molecule has 1 heterocycles. The Morgan fingerprint density at radius 3 is 2.71 bits per heavy atom. The second kappa shape index (κ2) is 6.49. The van der Waals surface area contributed by atoms with Crippen LogP contribution in [0.1, 0.15) is 0 Å². The van der Waals surface area contributed by atoms with Gasteiger partial charge in [-0.15, -0.1) is 22.9 Å². The minimum Gasteiger partial charge on any atom is -0.383 e. The molecule has 98 valence electrons. The van der Waals surface area contributed by atoms with Crippen molar-refractivity contribution in [2.75, 3.05) is 27.3 Å². The van der Waals surface area contributed by atoms with Gasteiger partial charge in [-0.1, -0.05) is 0 Å². The topological polar surface area (TPSA) is 46.6 Å². The predicted molar refractivity (Wildman–Crippen MR) is 73.4 cm³/mol. The van der Waals surface area contributed by atoms with E-state index in [-0.39, 0.29) is 11.9 Å². The summed E-state index contributed by atoms with van der Waals surface area (Å²) in [6, 6.07) is 3.28. The average Bonchev–Trinajstić information content (AvgIpc) is 2.65. The summed E-state index contributed by atoms with van der Waals surface area (Å²) >= 11 is 10.4. The molecule has 4 nitrogen and oxygen atoms in total. The fourth-order valence-electron chi connectivity index (χ4n) is 1.20. The fourth-order valence-corrected chi connectivity index (χ4v) is 5.05. The molecular formula is C9H13BrClNO3S2. The minimum atomic E-state index is -3.45. The van der Waals surface area contributed by atoms with Crippen molar-refractivity contribution in [2.24, 2.45) is 0 Å². The van der Waals surface area contributed by atoms with E-state index >= 15 is 0 Å². The van der Waals surface area contributed by atoms with Crippen LogP contribution >= 0.6 is 38.9 Å². The van der Waals surface area contributed by atoms with Crippen LogP contribution in [0.2, 0.25) is 0 Å². The Labute approximate surface area is 119 Å². The van der Waals surface area contributed by atoms with Crippen molar-refractivity contribution in [3.63, 3.8) is 0 Å². The van der Waals surface area contributed by atoms with Crippen LogP contribution < -0.4 is 0 Å². The maximum absolute atomic E-state index is 12.1. The molecule has 1 rings (SSSR count). The molecule has 0 bridgehead atoms. The molecule has 1 aromatic heterocycles. The normalized spacial score (nSPS) is 14.2. The van der Waals surface area contributed by atoms with Crippen molar-refractivity contribution < 1.29 is 13.2 Å². The van der Waals surface area contributed by atoms with Crippen LogP contribution in [0.4, 0.5) is 0 Å². The predicted octanol–water partition coefficient (Wildman–Crippen LogP) is 2.38. The zero-order valence-electron chi connectivity index (χ0n) is 9.39. The summed E-state index contributed by atoms with van der Waals surface area (Å²) in [5.41, 5.74) is 0. The number of halogens is 2. The van der Waals surface area contributed by atoms with Gasteiger partial charge in [-0.05, 0) is 28.1 Å². The first-order chi connectivity index (χ1) is 7.87. The molecule has 0 aromatic carbocycles. The first-order valence-corrected chi connectivity index (χ1v) is 8.21. The average molecular weight is 363 g/mol. The van der Waals surface area contributed by atoms with Gasteiger partial charge in [-0.25, -0.2) is 8.42 Å². The number of ether oxygens (including phenoxy) is 1. The van der Waals surface area contributed by atoms with Crippen LogP contribution in [0.25, 0.3) is 0 Å². The second-order valence-corrected chi connectivity index (χ2v) is 8.75. The number of hydrogen-bond donors (Lipinski definition) is 0. The molecule has 0 aliphatic rings. The van der Waals surface area contributed by atoms with E-state index in [4.69, 9.17) is 16.3 Å². The van der Waals surface area contributed by atoms with Gasteiger partial charge in [0.1, 0.15) is 4.21 Å². The molecule has 0 aliphatic heterocycles. The quantitative estimate of drug-likeness (QED) is 0.730.